The molecule has 1 aromatic carbocycles. The fourth-order valence-corrected chi connectivity index (χ4v) is 3.82. The second kappa shape index (κ2) is 5.39. The molecule has 0 spiro atoms. The van der Waals surface area contributed by atoms with E-state index < -0.39 is 0 Å². The van der Waals surface area contributed by atoms with Gasteiger partial charge in [-0.25, -0.2) is 4.98 Å². The summed E-state index contributed by atoms with van der Waals surface area (Å²) < 4.78 is 3.29. The number of imidazole rings is 1. The number of aromatic nitrogens is 2. The minimum Gasteiger partial charge on any atom is -0.323 e. The molecular weight excluding hydrogens is 334 g/mol. The molecule has 0 aliphatic carbocycles. The van der Waals surface area contributed by atoms with Crippen LogP contribution in [0.4, 0.5) is 0 Å². The summed E-state index contributed by atoms with van der Waals surface area (Å²) in [5, 5.41) is 11.1. The van der Waals surface area contributed by atoms with Gasteiger partial charge in [-0.2, -0.15) is 5.26 Å². The lowest BCUT2D eigenvalue weighted by molar-refractivity contribution is 0.705. The van der Waals surface area contributed by atoms with E-state index in [2.05, 4.69) is 38.9 Å². The Bertz CT molecular complexity index is 810. The maximum absolute atomic E-state index is 9.01. The molecule has 2 heterocycles. The molecule has 3 rings (SSSR count). The zero-order valence-electron chi connectivity index (χ0n) is 10.9. The van der Waals surface area contributed by atoms with Gasteiger partial charge < -0.3 is 4.57 Å². The summed E-state index contributed by atoms with van der Waals surface area (Å²) in [6.07, 6.45) is 1.04. The Labute approximate surface area is 129 Å². The third-order valence-electron chi connectivity index (χ3n) is 3.14. The molecule has 0 unspecified atom stereocenters. The first-order valence-electron chi connectivity index (χ1n) is 6.38. The summed E-state index contributed by atoms with van der Waals surface area (Å²) in [5.74, 6) is 0.971. The molecule has 0 amide bonds. The molecule has 100 valence electrons. The summed E-state index contributed by atoms with van der Waals surface area (Å²) in [7, 11) is 0. The molecule has 20 heavy (non-hydrogen) atoms. The van der Waals surface area contributed by atoms with Crippen molar-refractivity contribution in [3.8, 4) is 16.8 Å². The fraction of sp³-hybridized carbons (Fsp3) is 0.200. The Morgan fingerprint density at radius 2 is 2.25 bits per heavy atom. The van der Waals surface area contributed by atoms with Crippen LogP contribution in [0, 0.1) is 11.3 Å². The number of halogens is 1. The van der Waals surface area contributed by atoms with Gasteiger partial charge in [-0.3, -0.25) is 0 Å². The number of fused-ring (bicyclic) bond motifs is 1. The van der Waals surface area contributed by atoms with Crippen LogP contribution in [0.5, 0.6) is 0 Å². The molecule has 0 bridgehead atoms. The molecule has 0 fully saturated rings. The summed E-state index contributed by atoms with van der Waals surface area (Å²) in [6, 6.07) is 9.90. The normalized spacial score (nSPS) is 10.8. The first-order valence-corrected chi connectivity index (χ1v) is 8.05. The van der Waals surface area contributed by atoms with Crippen molar-refractivity contribution in [1.29, 1.82) is 5.26 Å². The highest BCUT2D eigenvalue weighted by Gasteiger charge is 2.15. The summed E-state index contributed by atoms with van der Waals surface area (Å²) in [4.78, 5) is 5.87. The van der Waals surface area contributed by atoms with Crippen LogP contribution in [0.25, 0.3) is 21.7 Å². The van der Waals surface area contributed by atoms with Crippen LogP contribution >= 0.6 is 27.3 Å². The predicted molar refractivity (Wildman–Crippen MR) is 85.8 cm³/mol. The van der Waals surface area contributed by atoms with Gasteiger partial charge in [0.1, 0.15) is 0 Å². The molecular formula is C15H12BrN3S. The lowest BCUT2D eigenvalue weighted by atomic mass is 10.2. The Hall–Kier alpha value is -1.64. The van der Waals surface area contributed by atoms with Crippen LogP contribution < -0.4 is 0 Å². The molecule has 0 N–H and O–H groups in total. The fourth-order valence-electron chi connectivity index (χ4n) is 2.28. The number of hydrogen-bond donors (Lipinski definition) is 0. The lowest BCUT2D eigenvalue weighted by Crippen LogP contribution is -1.98. The summed E-state index contributed by atoms with van der Waals surface area (Å²) in [6.45, 7) is 3.07. The van der Waals surface area contributed by atoms with Crippen molar-refractivity contribution >= 4 is 38.3 Å². The van der Waals surface area contributed by atoms with Gasteiger partial charge in [-0.15, -0.1) is 11.3 Å². The Kier molecular flexibility index (Phi) is 3.60. The molecule has 5 heteroatoms. The van der Waals surface area contributed by atoms with E-state index in [1.807, 2.05) is 24.3 Å². The Morgan fingerprint density at radius 1 is 1.40 bits per heavy atom. The largest absolute Gasteiger partial charge is 0.323 e. The second-order valence-corrected chi connectivity index (χ2v) is 6.27. The predicted octanol–water partition coefficient (Wildman–Crippen LogP) is 4.81. The monoisotopic (exact) mass is 345 g/mol. The van der Waals surface area contributed by atoms with E-state index in [0.717, 1.165) is 39.2 Å². The SMILES string of the molecule is CCCn1c(-c2sccc2Br)nc2cc(C#N)ccc21. The standard InChI is InChI=1S/C15H12BrN3S/c1-2-6-19-13-4-3-10(9-17)8-12(13)18-15(19)14-11(16)5-7-20-14/h3-5,7-8H,2,6H2,1H3. The Balaban J connectivity index is 2.28. The third kappa shape index (κ3) is 2.15. The van der Waals surface area contributed by atoms with Crippen molar-refractivity contribution in [2.75, 3.05) is 0 Å². The van der Waals surface area contributed by atoms with Crippen LogP contribution in [-0.4, -0.2) is 9.55 Å². The molecule has 0 atom stereocenters. The van der Waals surface area contributed by atoms with Gasteiger partial charge in [0.2, 0.25) is 0 Å². The number of rotatable bonds is 3. The molecule has 3 nitrogen and oxygen atoms in total. The smallest absolute Gasteiger partial charge is 0.152 e. The number of nitriles is 1. The Morgan fingerprint density at radius 3 is 2.90 bits per heavy atom. The molecule has 2 aromatic heterocycles. The summed E-state index contributed by atoms with van der Waals surface area (Å²) in [5.41, 5.74) is 2.62. The van der Waals surface area contributed by atoms with Gasteiger partial charge in [0.25, 0.3) is 0 Å². The van der Waals surface area contributed by atoms with E-state index in [1.165, 1.54) is 0 Å². The average molecular weight is 346 g/mol. The van der Waals surface area contributed by atoms with Crippen LogP contribution in [0.1, 0.15) is 18.9 Å². The van der Waals surface area contributed by atoms with Crippen molar-refractivity contribution in [2.24, 2.45) is 0 Å². The summed E-state index contributed by atoms with van der Waals surface area (Å²) >= 11 is 5.25. The maximum atomic E-state index is 9.01. The highest BCUT2D eigenvalue weighted by Crippen LogP contribution is 2.35. The van der Waals surface area contributed by atoms with E-state index in [0.29, 0.717) is 5.56 Å². The average Bonchev–Trinajstić information content (AvgIpc) is 3.02. The third-order valence-corrected chi connectivity index (χ3v) is 4.98. The van der Waals surface area contributed by atoms with Gasteiger partial charge in [0, 0.05) is 11.0 Å². The minimum absolute atomic E-state index is 0.649. The van der Waals surface area contributed by atoms with Crippen LogP contribution in [0.2, 0.25) is 0 Å². The van der Waals surface area contributed by atoms with Crippen molar-refractivity contribution in [2.45, 2.75) is 19.9 Å². The number of thiophene rings is 1. The molecule has 0 saturated carbocycles. The van der Waals surface area contributed by atoms with Gasteiger partial charge in [0.15, 0.2) is 5.82 Å². The number of hydrogen-bond acceptors (Lipinski definition) is 3. The lowest BCUT2D eigenvalue weighted by Gasteiger charge is -2.06. The number of benzene rings is 1. The van der Waals surface area contributed by atoms with Gasteiger partial charge >= 0.3 is 0 Å². The van der Waals surface area contributed by atoms with E-state index in [-0.39, 0.29) is 0 Å². The molecule has 0 aliphatic heterocycles. The van der Waals surface area contributed by atoms with E-state index >= 15 is 0 Å². The topological polar surface area (TPSA) is 41.6 Å². The van der Waals surface area contributed by atoms with Crippen molar-refractivity contribution in [3.63, 3.8) is 0 Å². The van der Waals surface area contributed by atoms with Crippen LogP contribution in [0.15, 0.2) is 34.1 Å². The van der Waals surface area contributed by atoms with E-state index in [9.17, 15) is 0 Å². The van der Waals surface area contributed by atoms with Crippen molar-refractivity contribution in [1.82, 2.24) is 9.55 Å². The van der Waals surface area contributed by atoms with Gasteiger partial charge in [-0.05, 0) is 52.0 Å². The highest BCUT2D eigenvalue weighted by molar-refractivity contribution is 9.10. The van der Waals surface area contributed by atoms with Gasteiger partial charge in [-0.1, -0.05) is 6.92 Å². The van der Waals surface area contributed by atoms with Gasteiger partial charge in [0.05, 0.1) is 27.5 Å². The molecule has 3 aromatic rings. The molecule has 0 aliphatic rings. The van der Waals surface area contributed by atoms with Crippen LogP contribution in [-0.2, 0) is 6.54 Å². The van der Waals surface area contributed by atoms with Crippen molar-refractivity contribution < 1.29 is 0 Å². The van der Waals surface area contributed by atoms with E-state index in [1.54, 1.807) is 11.3 Å². The number of aryl methyl sites for hydroxylation is 1. The first-order chi connectivity index (χ1) is 9.74. The van der Waals surface area contributed by atoms with E-state index in [4.69, 9.17) is 10.2 Å². The minimum atomic E-state index is 0.649. The van der Waals surface area contributed by atoms with Crippen molar-refractivity contribution in [3.05, 3.63) is 39.7 Å². The quantitative estimate of drug-likeness (QED) is 0.683. The zero-order valence-corrected chi connectivity index (χ0v) is 13.3. The number of nitrogens with zero attached hydrogens (tertiary/aromatic N) is 3. The van der Waals surface area contributed by atoms with Crippen LogP contribution in [0.3, 0.4) is 0 Å². The second-order valence-electron chi connectivity index (χ2n) is 4.50. The first kappa shape index (κ1) is 13.3. The maximum Gasteiger partial charge on any atom is 0.152 e. The molecule has 0 saturated heterocycles. The molecule has 0 radical (unpaired) electrons. The highest BCUT2D eigenvalue weighted by atomic mass is 79.9. The zero-order chi connectivity index (χ0) is 14.1.